The molecule has 4 nitrogen and oxygen atoms in total. The first kappa shape index (κ1) is 21.9. The topological polar surface area (TPSA) is 46.9 Å². The summed E-state index contributed by atoms with van der Waals surface area (Å²) in [7, 11) is 0. The Morgan fingerprint density at radius 1 is 0.969 bits per heavy atom. The van der Waals surface area contributed by atoms with Crippen molar-refractivity contribution in [2.75, 3.05) is 26.2 Å². The van der Waals surface area contributed by atoms with Crippen LogP contribution in [0.5, 0.6) is 5.75 Å². The molecular weight excluding hydrogens is 396 g/mol. The van der Waals surface area contributed by atoms with Crippen molar-refractivity contribution in [2.24, 2.45) is 5.92 Å². The van der Waals surface area contributed by atoms with E-state index in [2.05, 4.69) is 54.0 Å². The molecule has 3 aliphatic rings. The monoisotopic (exact) mass is 434 g/mol. The van der Waals surface area contributed by atoms with Gasteiger partial charge in [-0.2, -0.15) is 0 Å². The molecule has 1 saturated carbocycles. The van der Waals surface area contributed by atoms with Crippen LogP contribution in [-0.2, 0) is 12.0 Å². The van der Waals surface area contributed by atoms with Crippen molar-refractivity contribution in [3.8, 4) is 5.75 Å². The Balaban J connectivity index is 1.51. The minimum absolute atomic E-state index is 0.107. The zero-order valence-electron chi connectivity index (χ0n) is 19.6. The van der Waals surface area contributed by atoms with Crippen LogP contribution >= 0.6 is 0 Å². The molecule has 5 rings (SSSR count). The predicted octanol–water partition coefficient (Wildman–Crippen LogP) is 4.47. The third kappa shape index (κ3) is 3.87. The maximum Gasteiger partial charge on any atom is 0.115 e. The lowest BCUT2D eigenvalue weighted by atomic mass is 9.57. The van der Waals surface area contributed by atoms with Crippen LogP contribution in [-0.4, -0.2) is 57.8 Å². The summed E-state index contributed by atoms with van der Waals surface area (Å²) >= 11 is 0. The normalized spacial score (nSPS) is 31.8. The summed E-state index contributed by atoms with van der Waals surface area (Å²) in [4.78, 5) is 5.07. The van der Waals surface area contributed by atoms with Gasteiger partial charge in [0.15, 0.2) is 0 Å². The number of likely N-dealkylation sites (tertiary alicyclic amines) is 2. The molecule has 3 atom stereocenters. The fourth-order valence-corrected chi connectivity index (χ4v) is 6.53. The average Bonchev–Trinajstić information content (AvgIpc) is 3.62. The Labute approximate surface area is 192 Å². The molecule has 0 bridgehead atoms. The lowest BCUT2D eigenvalue weighted by Gasteiger charge is -2.58. The van der Waals surface area contributed by atoms with Gasteiger partial charge in [0.2, 0.25) is 0 Å². The number of phenolic OH excluding ortho intramolecular Hbond substituents is 1. The van der Waals surface area contributed by atoms with Crippen LogP contribution in [0.4, 0.5) is 0 Å². The molecule has 0 aromatic heterocycles. The Bertz CT molecular complexity index is 944. The van der Waals surface area contributed by atoms with Crippen molar-refractivity contribution in [3.63, 3.8) is 0 Å². The van der Waals surface area contributed by atoms with Crippen LogP contribution in [0, 0.1) is 12.8 Å². The highest BCUT2D eigenvalue weighted by Crippen LogP contribution is 2.53. The van der Waals surface area contributed by atoms with Crippen LogP contribution in [0.3, 0.4) is 0 Å². The van der Waals surface area contributed by atoms with Gasteiger partial charge in [0.1, 0.15) is 5.75 Å². The molecule has 0 spiro atoms. The van der Waals surface area contributed by atoms with Crippen molar-refractivity contribution in [1.82, 2.24) is 9.80 Å². The number of fused-ring (bicyclic) bond motifs is 1. The molecule has 2 aromatic carbocycles. The van der Waals surface area contributed by atoms with E-state index in [-0.39, 0.29) is 11.5 Å². The largest absolute Gasteiger partial charge is 0.508 e. The van der Waals surface area contributed by atoms with E-state index in [0.29, 0.717) is 5.75 Å². The number of aromatic hydroxyl groups is 1. The van der Waals surface area contributed by atoms with Gasteiger partial charge in [-0.25, -0.2) is 0 Å². The highest BCUT2D eigenvalue weighted by Gasteiger charge is 2.59. The fourth-order valence-electron chi connectivity index (χ4n) is 6.53. The Kier molecular flexibility index (Phi) is 5.81. The van der Waals surface area contributed by atoms with Gasteiger partial charge in [0, 0.05) is 31.1 Å². The maximum absolute atomic E-state index is 12.6. The van der Waals surface area contributed by atoms with Crippen LogP contribution in [0.1, 0.15) is 55.7 Å². The SMILES string of the molecule is Cc1ccc(O)cc1C12CCN(Cc3ccccc3)CCC1(O)C(C)N(CC1CC1)CC2. The van der Waals surface area contributed by atoms with E-state index in [1.165, 1.54) is 24.0 Å². The van der Waals surface area contributed by atoms with Gasteiger partial charge in [-0.15, -0.1) is 0 Å². The quantitative estimate of drug-likeness (QED) is 0.729. The number of rotatable bonds is 5. The molecular formula is C28H38N2O2. The Morgan fingerprint density at radius 3 is 2.44 bits per heavy atom. The van der Waals surface area contributed by atoms with Crippen LogP contribution in [0.15, 0.2) is 48.5 Å². The smallest absolute Gasteiger partial charge is 0.115 e. The van der Waals surface area contributed by atoms with E-state index >= 15 is 0 Å². The lowest BCUT2D eigenvalue weighted by molar-refractivity contribution is -0.136. The number of hydrogen-bond acceptors (Lipinski definition) is 4. The predicted molar refractivity (Wildman–Crippen MR) is 129 cm³/mol. The van der Waals surface area contributed by atoms with Crippen LogP contribution < -0.4 is 0 Å². The molecule has 1 aliphatic carbocycles. The van der Waals surface area contributed by atoms with E-state index < -0.39 is 5.60 Å². The molecule has 32 heavy (non-hydrogen) atoms. The highest BCUT2D eigenvalue weighted by molar-refractivity contribution is 5.43. The average molecular weight is 435 g/mol. The first-order valence-corrected chi connectivity index (χ1v) is 12.4. The van der Waals surface area contributed by atoms with Crippen LogP contribution in [0.2, 0.25) is 0 Å². The molecule has 3 unspecified atom stereocenters. The second-order valence-electron chi connectivity index (χ2n) is 10.6. The number of piperidine rings is 1. The van der Waals surface area contributed by atoms with Gasteiger partial charge in [0.05, 0.1) is 5.60 Å². The Hall–Kier alpha value is -1.88. The maximum atomic E-state index is 12.6. The van der Waals surface area contributed by atoms with Gasteiger partial charge in [-0.05, 0) is 93.8 Å². The second-order valence-corrected chi connectivity index (χ2v) is 10.6. The Morgan fingerprint density at radius 2 is 1.69 bits per heavy atom. The van der Waals surface area contributed by atoms with Crippen LogP contribution in [0.25, 0.3) is 0 Å². The number of hydrogen-bond donors (Lipinski definition) is 2. The molecule has 2 N–H and O–H groups in total. The van der Waals surface area contributed by atoms with E-state index in [1.807, 2.05) is 12.1 Å². The number of aryl methyl sites for hydroxylation is 1. The zero-order chi connectivity index (χ0) is 22.3. The van der Waals surface area contributed by atoms with E-state index in [1.54, 1.807) is 6.07 Å². The molecule has 0 amide bonds. The van der Waals surface area contributed by atoms with E-state index in [0.717, 1.165) is 63.5 Å². The van der Waals surface area contributed by atoms with Crippen molar-refractivity contribution in [2.45, 2.75) is 69.6 Å². The first-order valence-electron chi connectivity index (χ1n) is 12.4. The number of phenols is 1. The van der Waals surface area contributed by atoms with Gasteiger partial charge >= 0.3 is 0 Å². The summed E-state index contributed by atoms with van der Waals surface area (Å²) in [5.41, 5.74) is 2.51. The molecule has 2 saturated heterocycles. The molecule has 0 radical (unpaired) electrons. The fraction of sp³-hybridized carbons (Fsp3) is 0.571. The van der Waals surface area contributed by atoms with Gasteiger partial charge < -0.3 is 10.2 Å². The second kappa shape index (κ2) is 8.48. The third-order valence-electron chi connectivity index (χ3n) is 8.73. The highest BCUT2D eigenvalue weighted by atomic mass is 16.3. The molecule has 3 fully saturated rings. The molecule has 4 heteroatoms. The minimum atomic E-state index is -0.815. The molecule has 2 aliphatic heterocycles. The summed E-state index contributed by atoms with van der Waals surface area (Å²) < 4.78 is 0. The first-order chi connectivity index (χ1) is 15.4. The number of benzene rings is 2. The van der Waals surface area contributed by atoms with Gasteiger partial charge in [0.25, 0.3) is 0 Å². The number of aliphatic hydroxyl groups is 1. The summed E-state index contributed by atoms with van der Waals surface area (Å²) in [6.45, 7) is 9.31. The van der Waals surface area contributed by atoms with E-state index in [4.69, 9.17) is 0 Å². The number of nitrogens with zero attached hydrogens (tertiary/aromatic N) is 2. The molecule has 2 heterocycles. The molecule has 2 aromatic rings. The van der Waals surface area contributed by atoms with Crippen molar-refractivity contribution < 1.29 is 10.2 Å². The summed E-state index contributed by atoms with van der Waals surface area (Å²) in [6.07, 6.45) is 5.30. The third-order valence-corrected chi connectivity index (χ3v) is 8.73. The van der Waals surface area contributed by atoms with Crippen molar-refractivity contribution >= 4 is 0 Å². The summed E-state index contributed by atoms with van der Waals surface area (Å²) in [5, 5.41) is 23.0. The van der Waals surface area contributed by atoms with Crippen molar-refractivity contribution in [3.05, 3.63) is 65.2 Å². The van der Waals surface area contributed by atoms with E-state index in [9.17, 15) is 10.2 Å². The standard InChI is InChI=1S/C28H38N2O2/c1-21-8-11-25(31)18-26(21)27-12-15-29(19-23-6-4-3-5-7-23)16-14-28(27,32)22(2)30(17-13-27)20-24-9-10-24/h3-8,11,18,22,24,31-32H,9-10,12-17,19-20H2,1-2H3. The van der Waals surface area contributed by atoms with Gasteiger partial charge in [-0.3, -0.25) is 9.80 Å². The minimum Gasteiger partial charge on any atom is -0.508 e. The summed E-state index contributed by atoms with van der Waals surface area (Å²) in [6, 6.07) is 16.5. The summed E-state index contributed by atoms with van der Waals surface area (Å²) in [5.74, 6) is 1.12. The van der Waals surface area contributed by atoms with Gasteiger partial charge in [-0.1, -0.05) is 36.4 Å². The zero-order valence-corrected chi connectivity index (χ0v) is 19.6. The van der Waals surface area contributed by atoms with Crippen molar-refractivity contribution in [1.29, 1.82) is 0 Å². The lowest BCUT2D eigenvalue weighted by Crippen LogP contribution is -2.68. The molecule has 172 valence electrons.